The Morgan fingerprint density at radius 1 is 1.14 bits per heavy atom. The van der Waals surface area contributed by atoms with Gasteiger partial charge in [-0.1, -0.05) is 23.2 Å². The SMILES string of the molecule is CN(CC1(N(C)C)CCC1)C(CN)c1cc(Cl)cc(Cl)c1. The van der Waals surface area contributed by atoms with Gasteiger partial charge >= 0.3 is 0 Å². The van der Waals surface area contributed by atoms with Crippen LogP contribution in [-0.2, 0) is 0 Å². The quantitative estimate of drug-likeness (QED) is 0.868. The van der Waals surface area contributed by atoms with Gasteiger partial charge in [-0.05, 0) is 64.2 Å². The molecular formula is C16H25Cl2N3. The summed E-state index contributed by atoms with van der Waals surface area (Å²) in [6, 6.07) is 5.82. The smallest absolute Gasteiger partial charge is 0.0469 e. The minimum Gasteiger partial charge on any atom is -0.329 e. The van der Waals surface area contributed by atoms with Crippen LogP contribution in [0, 0.1) is 0 Å². The number of halogens is 2. The standard InChI is InChI=1S/C16H25Cl2N3/c1-20(2)16(5-4-6-16)11-21(3)15(10-19)12-7-13(17)9-14(18)8-12/h7-9,15H,4-6,10-11,19H2,1-3H3. The third kappa shape index (κ3) is 3.72. The molecule has 2 N–H and O–H groups in total. The van der Waals surface area contributed by atoms with Crippen molar-refractivity contribution in [2.24, 2.45) is 5.73 Å². The lowest BCUT2D eigenvalue weighted by Crippen LogP contribution is -2.57. The molecule has 1 saturated carbocycles. The molecule has 3 nitrogen and oxygen atoms in total. The Kier molecular flexibility index (Phi) is 5.55. The first kappa shape index (κ1) is 17.0. The highest BCUT2D eigenvalue weighted by atomic mass is 35.5. The van der Waals surface area contributed by atoms with Gasteiger partial charge in [0.25, 0.3) is 0 Å². The van der Waals surface area contributed by atoms with Gasteiger partial charge in [-0.3, -0.25) is 4.90 Å². The van der Waals surface area contributed by atoms with Gasteiger partial charge in [0.05, 0.1) is 0 Å². The van der Waals surface area contributed by atoms with Crippen molar-refractivity contribution in [3.63, 3.8) is 0 Å². The molecule has 0 aliphatic heterocycles. The highest BCUT2D eigenvalue weighted by molar-refractivity contribution is 6.34. The number of hydrogen-bond donors (Lipinski definition) is 1. The van der Waals surface area contributed by atoms with Gasteiger partial charge in [-0.15, -0.1) is 0 Å². The van der Waals surface area contributed by atoms with Crippen LogP contribution in [0.3, 0.4) is 0 Å². The fourth-order valence-corrected chi connectivity index (χ4v) is 3.79. The summed E-state index contributed by atoms with van der Waals surface area (Å²) < 4.78 is 0. The third-order valence-electron chi connectivity index (χ3n) is 4.80. The zero-order chi connectivity index (χ0) is 15.6. The maximum atomic E-state index is 6.13. The predicted octanol–water partition coefficient (Wildman–Crippen LogP) is 3.41. The summed E-state index contributed by atoms with van der Waals surface area (Å²) in [7, 11) is 6.47. The molecule has 1 aliphatic carbocycles. The van der Waals surface area contributed by atoms with Crippen molar-refractivity contribution < 1.29 is 0 Å². The summed E-state index contributed by atoms with van der Waals surface area (Å²) in [5.41, 5.74) is 7.39. The van der Waals surface area contributed by atoms with Gasteiger partial charge in [0.2, 0.25) is 0 Å². The van der Waals surface area contributed by atoms with E-state index in [2.05, 4.69) is 30.9 Å². The van der Waals surface area contributed by atoms with E-state index in [0.717, 1.165) is 12.1 Å². The summed E-state index contributed by atoms with van der Waals surface area (Å²) in [5, 5.41) is 1.32. The van der Waals surface area contributed by atoms with Crippen LogP contribution in [0.1, 0.15) is 30.9 Å². The van der Waals surface area contributed by atoms with Gasteiger partial charge < -0.3 is 10.6 Å². The Balaban J connectivity index is 2.16. The molecule has 0 aromatic heterocycles. The van der Waals surface area contributed by atoms with Crippen LogP contribution in [0.4, 0.5) is 0 Å². The van der Waals surface area contributed by atoms with E-state index in [1.54, 1.807) is 6.07 Å². The molecule has 5 heteroatoms. The van der Waals surface area contributed by atoms with E-state index in [4.69, 9.17) is 28.9 Å². The number of nitrogens with two attached hydrogens (primary N) is 1. The molecule has 1 aliphatic rings. The fourth-order valence-electron chi connectivity index (χ4n) is 3.24. The summed E-state index contributed by atoms with van der Waals surface area (Å²) in [5.74, 6) is 0. The lowest BCUT2D eigenvalue weighted by Gasteiger charge is -2.50. The Morgan fingerprint density at radius 3 is 2.10 bits per heavy atom. The normalized spacial score (nSPS) is 18.9. The first-order valence-corrected chi connectivity index (χ1v) is 8.17. The monoisotopic (exact) mass is 329 g/mol. The zero-order valence-corrected chi connectivity index (χ0v) is 14.6. The molecule has 21 heavy (non-hydrogen) atoms. The van der Waals surface area contributed by atoms with Crippen LogP contribution < -0.4 is 5.73 Å². The van der Waals surface area contributed by atoms with Crippen LogP contribution in [0.5, 0.6) is 0 Å². The molecule has 118 valence electrons. The molecule has 0 heterocycles. The predicted molar refractivity (Wildman–Crippen MR) is 91.2 cm³/mol. The molecule has 0 bridgehead atoms. The summed E-state index contributed by atoms with van der Waals surface area (Å²) in [4.78, 5) is 4.69. The molecule has 1 aromatic carbocycles. The van der Waals surface area contributed by atoms with E-state index in [1.165, 1.54) is 19.3 Å². The van der Waals surface area contributed by atoms with Gasteiger partial charge in [0.1, 0.15) is 0 Å². The Hall–Kier alpha value is -0.320. The van der Waals surface area contributed by atoms with Crippen molar-refractivity contribution in [1.29, 1.82) is 0 Å². The molecule has 1 unspecified atom stereocenters. The third-order valence-corrected chi connectivity index (χ3v) is 5.24. The Bertz CT molecular complexity index is 466. The van der Waals surface area contributed by atoms with Crippen molar-refractivity contribution >= 4 is 23.2 Å². The molecular weight excluding hydrogens is 305 g/mol. The Labute approximate surface area is 138 Å². The largest absolute Gasteiger partial charge is 0.329 e. The molecule has 1 aromatic rings. The maximum Gasteiger partial charge on any atom is 0.0469 e. The second-order valence-corrected chi connectivity index (χ2v) is 7.21. The topological polar surface area (TPSA) is 32.5 Å². The first-order chi connectivity index (χ1) is 9.88. The lowest BCUT2D eigenvalue weighted by molar-refractivity contribution is 0.0168. The van der Waals surface area contributed by atoms with E-state index < -0.39 is 0 Å². The number of rotatable bonds is 6. The molecule has 0 saturated heterocycles. The number of nitrogens with zero attached hydrogens (tertiary/aromatic N) is 2. The molecule has 0 spiro atoms. The highest BCUT2D eigenvalue weighted by Gasteiger charge is 2.40. The lowest BCUT2D eigenvalue weighted by atomic mass is 9.75. The van der Waals surface area contributed by atoms with Crippen molar-refractivity contribution in [2.75, 3.05) is 34.2 Å². The summed E-state index contributed by atoms with van der Waals surface area (Å²) >= 11 is 12.3. The van der Waals surface area contributed by atoms with E-state index in [9.17, 15) is 0 Å². The average molecular weight is 330 g/mol. The van der Waals surface area contributed by atoms with Crippen LogP contribution in [0.25, 0.3) is 0 Å². The van der Waals surface area contributed by atoms with Crippen molar-refractivity contribution in [2.45, 2.75) is 30.8 Å². The van der Waals surface area contributed by atoms with Gasteiger partial charge in [-0.2, -0.15) is 0 Å². The highest BCUT2D eigenvalue weighted by Crippen LogP contribution is 2.38. The van der Waals surface area contributed by atoms with E-state index in [0.29, 0.717) is 16.6 Å². The first-order valence-electron chi connectivity index (χ1n) is 7.42. The van der Waals surface area contributed by atoms with Crippen LogP contribution in [-0.4, -0.2) is 49.6 Å². The minimum atomic E-state index is 0.138. The molecule has 2 rings (SSSR count). The van der Waals surface area contributed by atoms with Crippen LogP contribution in [0.15, 0.2) is 18.2 Å². The van der Waals surface area contributed by atoms with Crippen molar-refractivity contribution in [3.05, 3.63) is 33.8 Å². The minimum absolute atomic E-state index is 0.138. The molecule has 0 amide bonds. The van der Waals surface area contributed by atoms with E-state index in [-0.39, 0.29) is 11.6 Å². The van der Waals surface area contributed by atoms with Crippen LogP contribution >= 0.6 is 23.2 Å². The molecule has 1 atom stereocenters. The number of likely N-dealkylation sites (N-methyl/N-ethyl adjacent to an activating group) is 2. The second kappa shape index (κ2) is 6.84. The number of hydrogen-bond acceptors (Lipinski definition) is 3. The van der Waals surface area contributed by atoms with Crippen LogP contribution in [0.2, 0.25) is 10.0 Å². The summed E-state index contributed by atoms with van der Waals surface area (Å²) in [6.45, 7) is 1.56. The number of benzene rings is 1. The van der Waals surface area contributed by atoms with Gasteiger partial charge in [0, 0.05) is 34.7 Å². The summed E-state index contributed by atoms with van der Waals surface area (Å²) in [6.07, 6.45) is 3.80. The fraction of sp³-hybridized carbons (Fsp3) is 0.625. The second-order valence-electron chi connectivity index (χ2n) is 6.34. The van der Waals surface area contributed by atoms with E-state index in [1.807, 2.05) is 12.1 Å². The van der Waals surface area contributed by atoms with Gasteiger partial charge in [-0.25, -0.2) is 0 Å². The van der Waals surface area contributed by atoms with Crippen molar-refractivity contribution in [3.8, 4) is 0 Å². The average Bonchev–Trinajstić information content (AvgIpc) is 2.33. The Morgan fingerprint density at radius 2 is 1.71 bits per heavy atom. The van der Waals surface area contributed by atoms with E-state index >= 15 is 0 Å². The van der Waals surface area contributed by atoms with Crippen molar-refractivity contribution in [1.82, 2.24) is 9.80 Å². The molecule has 1 fully saturated rings. The van der Waals surface area contributed by atoms with Gasteiger partial charge in [0.15, 0.2) is 0 Å². The molecule has 0 radical (unpaired) electrons. The zero-order valence-electron chi connectivity index (χ0n) is 13.1. The maximum absolute atomic E-state index is 6.13.